The number of benzene rings is 1. The summed E-state index contributed by atoms with van der Waals surface area (Å²) in [7, 11) is 0. The molecule has 24 heavy (non-hydrogen) atoms. The lowest BCUT2D eigenvalue weighted by molar-refractivity contribution is -0.549. The van der Waals surface area contributed by atoms with E-state index >= 15 is 0 Å². The van der Waals surface area contributed by atoms with Gasteiger partial charge in [0.15, 0.2) is 9.69 Å². The van der Waals surface area contributed by atoms with E-state index in [9.17, 15) is 25.0 Å². The zero-order chi connectivity index (χ0) is 17.7. The Bertz CT molecular complexity index is 661. The SMILES string of the molecule is O=C(NC(=S)NSC1SC([N+](=O)[O-])NC1[N+](=O)[O-])c1ccccc1. The van der Waals surface area contributed by atoms with E-state index in [2.05, 4.69) is 15.4 Å². The molecule has 0 bridgehead atoms. The highest BCUT2D eigenvalue weighted by atomic mass is 32.2. The van der Waals surface area contributed by atoms with Crippen LogP contribution in [0.15, 0.2) is 30.3 Å². The Hall–Kier alpha value is -1.96. The second kappa shape index (κ2) is 8.23. The molecular weight excluding hydrogens is 378 g/mol. The Morgan fingerprint density at radius 3 is 2.50 bits per heavy atom. The van der Waals surface area contributed by atoms with Crippen LogP contribution in [0.2, 0.25) is 0 Å². The molecule has 0 radical (unpaired) electrons. The largest absolute Gasteiger partial charge is 0.319 e. The predicted molar refractivity (Wildman–Crippen MR) is 93.3 cm³/mol. The number of nitrogens with zero attached hydrogens (tertiary/aromatic N) is 2. The van der Waals surface area contributed by atoms with Crippen LogP contribution in [0, 0.1) is 20.2 Å². The monoisotopic (exact) mass is 389 g/mol. The minimum atomic E-state index is -1.31. The summed E-state index contributed by atoms with van der Waals surface area (Å²) in [4.78, 5) is 32.3. The van der Waals surface area contributed by atoms with E-state index in [0.717, 1.165) is 23.7 Å². The Morgan fingerprint density at radius 2 is 1.92 bits per heavy atom. The maximum absolute atomic E-state index is 11.9. The maximum Gasteiger partial charge on any atom is 0.319 e. The van der Waals surface area contributed by atoms with Crippen molar-refractivity contribution in [2.45, 2.75) is 16.2 Å². The van der Waals surface area contributed by atoms with Crippen molar-refractivity contribution < 1.29 is 14.6 Å². The first-order valence-electron chi connectivity index (χ1n) is 6.39. The summed E-state index contributed by atoms with van der Waals surface area (Å²) in [6, 6.07) is 8.36. The van der Waals surface area contributed by atoms with E-state index in [0.29, 0.717) is 5.56 Å². The number of hydrogen-bond acceptors (Lipinski definition) is 9. The van der Waals surface area contributed by atoms with Crippen molar-refractivity contribution in [2.24, 2.45) is 0 Å². The van der Waals surface area contributed by atoms with Gasteiger partial charge in [0.25, 0.3) is 12.1 Å². The molecule has 1 saturated heterocycles. The quantitative estimate of drug-likeness (QED) is 0.286. The molecule has 13 heteroatoms. The summed E-state index contributed by atoms with van der Waals surface area (Å²) in [5, 5.41) is 26.4. The van der Waals surface area contributed by atoms with Gasteiger partial charge in [-0.3, -0.25) is 30.3 Å². The van der Waals surface area contributed by atoms with Crippen LogP contribution in [-0.4, -0.2) is 37.1 Å². The molecule has 3 unspecified atom stereocenters. The Balaban J connectivity index is 1.87. The Morgan fingerprint density at radius 1 is 1.25 bits per heavy atom. The molecule has 1 aromatic carbocycles. The van der Waals surface area contributed by atoms with Gasteiger partial charge in [-0.05, 0) is 48.1 Å². The zero-order valence-electron chi connectivity index (χ0n) is 11.8. The van der Waals surface area contributed by atoms with Crippen LogP contribution < -0.4 is 15.4 Å². The van der Waals surface area contributed by atoms with Crippen LogP contribution in [0.1, 0.15) is 10.4 Å². The number of carbonyl (C=O) groups excluding carboxylic acids is 1. The van der Waals surface area contributed by atoms with Gasteiger partial charge in [0.05, 0.1) is 4.92 Å². The molecule has 1 aromatic rings. The molecule has 0 aromatic heterocycles. The van der Waals surface area contributed by atoms with Crippen molar-refractivity contribution >= 4 is 46.9 Å². The summed E-state index contributed by atoms with van der Waals surface area (Å²) >= 11 is 6.58. The van der Waals surface area contributed by atoms with Crippen molar-refractivity contribution in [3.63, 3.8) is 0 Å². The average Bonchev–Trinajstić information content (AvgIpc) is 2.98. The van der Waals surface area contributed by atoms with E-state index in [1.165, 1.54) is 0 Å². The number of carbonyl (C=O) groups is 1. The molecule has 3 atom stereocenters. The van der Waals surface area contributed by atoms with Crippen molar-refractivity contribution in [1.29, 1.82) is 0 Å². The molecule has 1 fully saturated rings. The molecule has 0 saturated carbocycles. The van der Waals surface area contributed by atoms with Crippen LogP contribution in [-0.2, 0) is 0 Å². The molecule has 0 spiro atoms. The van der Waals surface area contributed by atoms with Crippen molar-refractivity contribution in [1.82, 2.24) is 15.4 Å². The molecule has 0 aliphatic carbocycles. The normalized spacial score (nSPS) is 22.6. The number of nitrogens with one attached hydrogen (secondary N) is 3. The topological polar surface area (TPSA) is 139 Å². The number of thiocarbonyl (C=S) groups is 1. The highest BCUT2D eigenvalue weighted by Crippen LogP contribution is 2.34. The Labute approximate surface area is 149 Å². The zero-order valence-corrected chi connectivity index (χ0v) is 14.2. The van der Waals surface area contributed by atoms with Crippen LogP contribution in [0.25, 0.3) is 0 Å². The van der Waals surface area contributed by atoms with E-state index < -0.39 is 32.0 Å². The summed E-state index contributed by atoms with van der Waals surface area (Å²) in [5.74, 6) is -0.431. The highest BCUT2D eigenvalue weighted by molar-refractivity contribution is 8.17. The van der Waals surface area contributed by atoms with E-state index in [1.807, 2.05) is 0 Å². The average molecular weight is 389 g/mol. The molecule has 2 rings (SSSR count). The highest BCUT2D eigenvalue weighted by Gasteiger charge is 2.48. The number of hydrogen-bond donors (Lipinski definition) is 3. The van der Waals surface area contributed by atoms with Gasteiger partial charge in [-0.2, -0.15) is 5.32 Å². The predicted octanol–water partition coefficient (Wildman–Crippen LogP) is 0.765. The third kappa shape index (κ3) is 4.77. The summed E-state index contributed by atoms with van der Waals surface area (Å²) in [6.07, 6.45) is -1.31. The molecule has 1 heterocycles. The summed E-state index contributed by atoms with van der Waals surface area (Å²) in [6.45, 7) is 0. The lowest BCUT2D eigenvalue weighted by Gasteiger charge is -2.12. The van der Waals surface area contributed by atoms with Gasteiger partial charge < -0.3 is 4.72 Å². The summed E-state index contributed by atoms with van der Waals surface area (Å²) in [5.41, 5.74) is -0.868. The molecule has 10 nitrogen and oxygen atoms in total. The number of amides is 1. The maximum atomic E-state index is 11.9. The van der Waals surface area contributed by atoms with Crippen molar-refractivity contribution in [3.05, 3.63) is 56.1 Å². The van der Waals surface area contributed by atoms with E-state index in [-0.39, 0.29) is 5.11 Å². The second-order valence-electron chi connectivity index (χ2n) is 4.41. The summed E-state index contributed by atoms with van der Waals surface area (Å²) < 4.78 is 1.81. The second-order valence-corrected chi connectivity index (χ2v) is 7.29. The molecule has 128 valence electrons. The fourth-order valence-electron chi connectivity index (χ4n) is 1.73. The molecule has 1 amide bonds. The van der Waals surface area contributed by atoms with Crippen LogP contribution >= 0.6 is 35.9 Å². The minimum absolute atomic E-state index is 0.0406. The lowest BCUT2D eigenvalue weighted by atomic mass is 10.2. The smallest absolute Gasteiger partial charge is 0.305 e. The fourth-order valence-corrected chi connectivity index (χ4v) is 4.13. The first kappa shape index (κ1) is 18.4. The standard InChI is InChI=1S/C11H11N5O5S3/c17-8(6-4-2-1-3-5-6)13-10(22)14-24-9-7(15(18)19)12-11(23-9)16(20)21/h1-5,7,9,11-12H,(H2,13,14,17,22). The lowest BCUT2D eigenvalue weighted by Crippen LogP contribution is -2.43. The number of rotatable bonds is 5. The molecule has 1 aliphatic rings. The van der Waals surface area contributed by atoms with Crippen molar-refractivity contribution in [3.8, 4) is 0 Å². The van der Waals surface area contributed by atoms with Gasteiger partial charge in [0, 0.05) is 10.5 Å². The van der Waals surface area contributed by atoms with Gasteiger partial charge in [0.1, 0.15) is 0 Å². The van der Waals surface area contributed by atoms with Gasteiger partial charge >= 0.3 is 5.50 Å². The van der Waals surface area contributed by atoms with E-state index in [4.69, 9.17) is 12.2 Å². The molecular formula is C11H11N5O5S3. The number of nitro groups is 2. The van der Waals surface area contributed by atoms with Gasteiger partial charge in [-0.1, -0.05) is 18.2 Å². The fraction of sp³-hybridized carbons (Fsp3) is 0.273. The van der Waals surface area contributed by atoms with Crippen LogP contribution in [0.4, 0.5) is 0 Å². The third-order valence-corrected chi connectivity index (χ3v) is 5.64. The van der Waals surface area contributed by atoms with Gasteiger partial charge in [-0.15, -0.1) is 0 Å². The number of thioether (sulfide) groups is 1. The Kier molecular flexibility index (Phi) is 6.30. The van der Waals surface area contributed by atoms with Gasteiger partial charge in [0.2, 0.25) is 0 Å². The van der Waals surface area contributed by atoms with Crippen LogP contribution in [0.3, 0.4) is 0 Å². The molecule has 1 aliphatic heterocycles. The van der Waals surface area contributed by atoms with E-state index in [1.54, 1.807) is 30.3 Å². The molecule has 3 N–H and O–H groups in total. The van der Waals surface area contributed by atoms with Crippen LogP contribution in [0.5, 0.6) is 0 Å². The third-order valence-electron chi connectivity index (χ3n) is 2.78. The van der Waals surface area contributed by atoms with Gasteiger partial charge in [-0.25, -0.2) is 0 Å². The van der Waals surface area contributed by atoms with Crippen molar-refractivity contribution in [2.75, 3.05) is 0 Å². The minimum Gasteiger partial charge on any atom is -0.305 e. The first-order valence-corrected chi connectivity index (χ1v) is 8.62. The first-order chi connectivity index (χ1) is 11.4.